The largest absolute Gasteiger partial charge is 0.506 e. The van der Waals surface area contributed by atoms with Crippen LogP contribution in [0.3, 0.4) is 0 Å². The summed E-state index contributed by atoms with van der Waals surface area (Å²) in [5, 5.41) is 31.2. The maximum Gasteiger partial charge on any atom is 0.408 e. The van der Waals surface area contributed by atoms with Crippen LogP contribution in [-0.2, 0) is 11.3 Å². The smallest absolute Gasteiger partial charge is 0.408 e. The van der Waals surface area contributed by atoms with E-state index in [1.807, 2.05) is 78.9 Å². The highest BCUT2D eigenvalue weighted by Gasteiger charge is 2.37. The summed E-state index contributed by atoms with van der Waals surface area (Å²) in [6.45, 7) is 5.19. The van der Waals surface area contributed by atoms with E-state index < -0.39 is 18.2 Å². The second-order valence-corrected chi connectivity index (χ2v) is 17.7. The predicted molar refractivity (Wildman–Crippen MR) is 244 cm³/mol. The molecule has 5 aromatic rings. The molecule has 0 radical (unpaired) electrons. The molecular formula is C51H61N5O7. The number of carbonyl (C=O) groups is 2. The maximum absolute atomic E-state index is 13.3. The Kier molecular flexibility index (Phi) is 14.7. The van der Waals surface area contributed by atoms with Gasteiger partial charge in [-0.2, -0.15) is 0 Å². The van der Waals surface area contributed by atoms with Gasteiger partial charge in [-0.1, -0.05) is 86.3 Å². The molecule has 6 N–H and O–H groups in total. The number of carbonyl (C=O) groups excluding carboxylic acids is 2. The van der Waals surface area contributed by atoms with Crippen molar-refractivity contribution in [2.75, 3.05) is 39.3 Å². The minimum atomic E-state index is -0.757. The summed E-state index contributed by atoms with van der Waals surface area (Å²) in [4.78, 5) is 43.1. The number of piperidine rings is 3. The van der Waals surface area contributed by atoms with Crippen molar-refractivity contribution >= 4 is 22.9 Å². The number of aliphatic hydroxyl groups is 1. The number of benzene rings is 4. The number of H-pyrrole nitrogens is 1. The average Bonchev–Trinajstić information content (AvgIpc) is 3.32. The Morgan fingerprint density at radius 2 is 1.59 bits per heavy atom. The van der Waals surface area contributed by atoms with Gasteiger partial charge >= 0.3 is 6.09 Å². The van der Waals surface area contributed by atoms with Crippen LogP contribution in [0.25, 0.3) is 10.9 Å². The van der Waals surface area contributed by atoms with E-state index in [1.165, 1.54) is 31.4 Å². The highest BCUT2D eigenvalue weighted by atomic mass is 16.6. The molecule has 1 saturated carbocycles. The first-order valence-electron chi connectivity index (χ1n) is 22.8. The van der Waals surface area contributed by atoms with E-state index in [1.54, 1.807) is 12.1 Å². The molecule has 4 aromatic carbocycles. The molecular weight excluding hydrogens is 795 g/mol. The maximum atomic E-state index is 13.3. The first-order valence-corrected chi connectivity index (χ1v) is 22.8. The Morgan fingerprint density at radius 3 is 2.35 bits per heavy atom. The molecule has 4 heterocycles. The van der Waals surface area contributed by atoms with Crippen LogP contribution >= 0.6 is 0 Å². The van der Waals surface area contributed by atoms with Crippen LogP contribution in [0, 0.1) is 17.8 Å². The average molecular weight is 856 g/mol. The Bertz CT molecular complexity index is 2340. The fraction of sp³-hybridized carbons (Fsp3) is 0.431. The van der Waals surface area contributed by atoms with Gasteiger partial charge in [-0.3, -0.25) is 14.5 Å². The number of fused-ring (bicyclic) bond motifs is 4. The topological polar surface area (TPSA) is 165 Å². The van der Waals surface area contributed by atoms with Crippen molar-refractivity contribution in [1.82, 2.24) is 25.8 Å². The summed E-state index contributed by atoms with van der Waals surface area (Å²) in [6.07, 6.45) is 8.83. The fourth-order valence-corrected chi connectivity index (χ4v) is 9.69. The van der Waals surface area contributed by atoms with Gasteiger partial charge in [-0.05, 0) is 128 Å². The third-order valence-electron chi connectivity index (χ3n) is 13.4. The Balaban J connectivity index is 0.725. The van der Waals surface area contributed by atoms with Crippen molar-refractivity contribution < 1.29 is 29.3 Å². The lowest BCUT2D eigenvalue weighted by Gasteiger charge is -2.43. The first kappa shape index (κ1) is 43.9. The van der Waals surface area contributed by atoms with Gasteiger partial charge < -0.3 is 40.6 Å². The number of aliphatic hydroxyl groups excluding tert-OH is 1. The number of phenolic OH excluding ortho intramolecular Hbond substituents is 1. The predicted octanol–water partition coefficient (Wildman–Crippen LogP) is 7.75. The zero-order valence-corrected chi connectivity index (χ0v) is 36.0. The molecule has 0 unspecified atom stereocenters. The minimum absolute atomic E-state index is 0.0150. The molecule has 332 valence electrons. The van der Waals surface area contributed by atoms with E-state index in [4.69, 9.17) is 9.47 Å². The minimum Gasteiger partial charge on any atom is -0.506 e. The molecule has 4 fully saturated rings. The van der Waals surface area contributed by atoms with Crippen LogP contribution in [-0.4, -0.2) is 77.5 Å². The van der Waals surface area contributed by atoms with Crippen molar-refractivity contribution in [3.8, 4) is 11.5 Å². The van der Waals surface area contributed by atoms with Gasteiger partial charge in [-0.15, -0.1) is 0 Å². The van der Waals surface area contributed by atoms with Crippen molar-refractivity contribution in [2.45, 2.75) is 82.6 Å². The van der Waals surface area contributed by atoms with Crippen LogP contribution in [0.1, 0.15) is 103 Å². The third kappa shape index (κ3) is 11.7. The summed E-state index contributed by atoms with van der Waals surface area (Å²) in [5.74, 6) is 2.23. The molecule has 12 nitrogen and oxygen atoms in total. The molecule has 2 amide bonds. The van der Waals surface area contributed by atoms with Crippen LogP contribution in [0.4, 0.5) is 4.79 Å². The number of amides is 2. The Hall–Kier alpha value is -5.69. The molecule has 4 aliphatic rings. The number of hydrogen-bond acceptors (Lipinski definition) is 9. The van der Waals surface area contributed by atoms with E-state index in [0.29, 0.717) is 65.2 Å². The number of alkyl carbamates (subject to hydrolysis) is 1. The number of aromatic amines is 1. The zero-order valence-electron chi connectivity index (χ0n) is 36.0. The standard InChI is InChI=1S/C51H61N5O7/c57-44-22-20-42(43-21-23-47(59)54-49(43)44)45(58)31-52-26-5-4-7-34-12-14-35(15-13-34)30-53-50(60)39-18-16-36(17-19-39)33-62-41-11-6-10-40(29-41)48(38-8-2-1-3-9-38)55-51(61)63-46-32-56-27-24-37(46)25-28-56/h1-3,6,8-11,16-23,29,34-35,37,45-46,48,52,57-58H,4-5,7,12-15,24-28,30-33H2,(H,53,60)(H,54,59)(H,55,61)/t34?,35?,45-,46-,48+/m0/s1. The van der Waals surface area contributed by atoms with Gasteiger partial charge in [0.05, 0.1) is 17.7 Å². The zero-order chi connectivity index (χ0) is 43.5. The van der Waals surface area contributed by atoms with Crippen molar-refractivity contribution in [3.63, 3.8) is 0 Å². The number of aromatic nitrogens is 1. The molecule has 3 atom stereocenters. The second-order valence-electron chi connectivity index (χ2n) is 17.7. The molecule has 2 bridgehead atoms. The normalized spacial score (nSPS) is 21.6. The van der Waals surface area contributed by atoms with Crippen LogP contribution in [0.15, 0.2) is 108 Å². The number of phenols is 1. The third-order valence-corrected chi connectivity index (χ3v) is 13.4. The van der Waals surface area contributed by atoms with E-state index in [0.717, 1.165) is 81.4 Å². The molecule has 63 heavy (non-hydrogen) atoms. The molecule has 3 saturated heterocycles. The number of aromatic hydroxyl groups is 1. The number of pyridine rings is 1. The van der Waals surface area contributed by atoms with E-state index in [-0.39, 0.29) is 23.3 Å². The lowest BCUT2D eigenvalue weighted by atomic mass is 9.80. The van der Waals surface area contributed by atoms with Gasteiger partial charge in [0.15, 0.2) is 0 Å². The van der Waals surface area contributed by atoms with Crippen molar-refractivity contribution in [1.29, 1.82) is 0 Å². The second kappa shape index (κ2) is 21.1. The molecule has 1 aliphatic carbocycles. The quantitative estimate of drug-likeness (QED) is 0.0484. The highest BCUT2D eigenvalue weighted by Crippen LogP contribution is 2.33. The Labute approximate surface area is 369 Å². The number of ether oxygens (including phenoxy) is 2. The summed E-state index contributed by atoms with van der Waals surface area (Å²) >= 11 is 0. The van der Waals surface area contributed by atoms with Crippen molar-refractivity contribution in [2.24, 2.45) is 17.8 Å². The molecule has 12 heteroatoms. The van der Waals surface area contributed by atoms with E-state index in [2.05, 4.69) is 25.8 Å². The monoisotopic (exact) mass is 855 g/mol. The number of hydrogen-bond donors (Lipinski definition) is 6. The van der Waals surface area contributed by atoms with E-state index in [9.17, 15) is 24.6 Å². The molecule has 1 aromatic heterocycles. The summed E-state index contributed by atoms with van der Waals surface area (Å²) in [5.41, 5.74) is 4.14. The summed E-state index contributed by atoms with van der Waals surface area (Å²) < 4.78 is 12.2. The van der Waals surface area contributed by atoms with Crippen LogP contribution in [0.5, 0.6) is 11.5 Å². The molecule has 0 spiro atoms. The summed E-state index contributed by atoms with van der Waals surface area (Å²) in [7, 11) is 0. The van der Waals surface area contributed by atoms with Crippen LogP contribution in [0.2, 0.25) is 0 Å². The van der Waals surface area contributed by atoms with Gasteiger partial charge in [0.2, 0.25) is 5.56 Å². The summed E-state index contributed by atoms with van der Waals surface area (Å²) in [6, 6.07) is 31.1. The fourth-order valence-electron chi connectivity index (χ4n) is 9.69. The SMILES string of the molecule is O=C(N[C@H](c1ccccc1)c1cccc(OCc2ccc(C(=O)NCC3CCC(CCCCNC[C@H](O)c4ccc(O)c5[nH]c(=O)ccc45)CC3)cc2)c1)O[C@H]1CN2CCC1CC2. The highest BCUT2D eigenvalue weighted by molar-refractivity contribution is 5.94. The van der Waals surface area contributed by atoms with Crippen LogP contribution < -0.4 is 26.2 Å². The first-order chi connectivity index (χ1) is 30.8. The van der Waals surface area contributed by atoms with Gasteiger partial charge in [0.25, 0.3) is 5.91 Å². The van der Waals surface area contributed by atoms with E-state index >= 15 is 0 Å². The van der Waals surface area contributed by atoms with Gasteiger partial charge in [0, 0.05) is 36.7 Å². The lowest BCUT2D eigenvalue weighted by molar-refractivity contribution is -0.0336. The number of unbranched alkanes of at least 4 members (excludes halogenated alkanes) is 1. The number of nitrogens with one attached hydrogen (secondary N) is 4. The number of rotatable bonds is 18. The molecule has 3 aliphatic heterocycles. The number of nitrogens with zero attached hydrogens (tertiary/aromatic N) is 1. The van der Waals surface area contributed by atoms with Gasteiger partial charge in [0.1, 0.15) is 24.2 Å². The van der Waals surface area contributed by atoms with Crippen molar-refractivity contribution in [3.05, 3.63) is 141 Å². The van der Waals surface area contributed by atoms with Gasteiger partial charge in [-0.25, -0.2) is 4.79 Å². The Morgan fingerprint density at radius 1 is 0.825 bits per heavy atom. The molecule has 9 rings (SSSR count). The lowest BCUT2D eigenvalue weighted by Crippen LogP contribution is -2.52.